The van der Waals surface area contributed by atoms with Crippen LogP contribution in [0.25, 0.3) is 0 Å². The van der Waals surface area contributed by atoms with Gasteiger partial charge in [0.15, 0.2) is 0 Å². The van der Waals surface area contributed by atoms with Crippen LogP contribution in [0.3, 0.4) is 0 Å². The van der Waals surface area contributed by atoms with Crippen molar-refractivity contribution in [2.24, 2.45) is 0 Å². The molecule has 1 atom stereocenters. The van der Waals surface area contributed by atoms with E-state index in [1.807, 2.05) is 0 Å². The first kappa shape index (κ1) is 12.1. The van der Waals surface area contributed by atoms with Crippen LogP contribution in [-0.4, -0.2) is 23.7 Å². The first-order valence-corrected chi connectivity index (χ1v) is 6.26. The molecule has 0 bridgehead atoms. The molecule has 0 heterocycles. The minimum Gasteiger partial charge on any atom is -0.396 e. The van der Waals surface area contributed by atoms with Crippen molar-refractivity contribution >= 4 is 5.91 Å². The van der Waals surface area contributed by atoms with Gasteiger partial charge in [-0.15, -0.1) is 0 Å². The fourth-order valence-corrected chi connectivity index (χ4v) is 2.36. The molecule has 0 saturated carbocycles. The molecule has 1 aromatic carbocycles. The summed E-state index contributed by atoms with van der Waals surface area (Å²) >= 11 is 0. The molecule has 1 aliphatic rings. The van der Waals surface area contributed by atoms with E-state index in [0.29, 0.717) is 12.8 Å². The largest absolute Gasteiger partial charge is 0.396 e. The zero-order chi connectivity index (χ0) is 12.1. The van der Waals surface area contributed by atoms with Crippen molar-refractivity contribution in [3.63, 3.8) is 0 Å². The number of aryl methyl sites for hydroxylation is 1. The zero-order valence-corrected chi connectivity index (χ0v) is 9.98. The lowest BCUT2D eigenvalue weighted by Gasteiger charge is -2.25. The van der Waals surface area contributed by atoms with E-state index in [2.05, 4.69) is 29.6 Å². The predicted molar refractivity (Wildman–Crippen MR) is 66.7 cm³/mol. The van der Waals surface area contributed by atoms with Crippen molar-refractivity contribution in [2.45, 2.75) is 38.1 Å². The number of aliphatic hydroxyl groups is 1. The molecular weight excluding hydrogens is 214 g/mol. The van der Waals surface area contributed by atoms with E-state index >= 15 is 0 Å². The van der Waals surface area contributed by atoms with Crippen LogP contribution in [0.2, 0.25) is 0 Å². The van der Waals surface area contributed by atoms with Crippen LogP contribution < -0.4 is 5.32 Å². The topological polar surface area (TPSA) is 49.3 Å². The van der Waals surface area contributed by atoms with Gasteiger partial charge in [0.2, 0.25) is 5.91 Å². The number of fused-ring (bicyclic) bond motifs is 1. The highest BCUT2D eigenvalue weighted by atomic mass is 16.3. The number of hydrogen-bond acceptors (Lipinski definition) is 2. The second-order valence-corrected chi connectivity index (χ2v) is 4.60. The molecule has 2 rings (SSSR count). The van der Waals surface area contributed by atoms with Crippen molar-refractivity contribution in [1.29, 1.82) is 0 Å². The Labute approximate surface area is 102 Å². The normalized spacial score (nSPS) is 18.5. The molecule has 0 aliphatic heterocycles. The smallest absolute Gasteiger partial charge is 0.220 e. The number of benzene rings is 1. The average Bonchev–Trinajstić information content (AvgIpc) is 2.36. The van der Waals surface area contributed by atoms with Gasteiger partial charge in [-0.1, -0.05) is 24.3 Å². The Morgan fingerprint density at radius 1 is 1.35 bits per heavy atom. The molecule has 0 radical (unpaired) electrons. The van der Waals surface area contributed by atoms with E-state index in [1.165, 1.54) is 11.1 Å². The van der Waals surface area contributed by atoms with E-state index in [9.17, 15) is 4.79 Å². The fourth-order valence-electron chi connectivity index (χ4n) is 2.36. The highest BCUT2D eigenvalue weighted by Crippen LogP contribution is 2.20. The van der Waals surface area contributed by atoms with Crippen molar-refractivity contribution in [3.8, 4) is 0 Å². The van der Waals surface area contributed by atoms with Gasteiger partial charge in [-0.2, -0.15) is 0 Å². The molecule has 2 N–H and O–H groups in total. The lowest BCUT2D eigenvalue weighted by atomic mass is 9.88. The van der Waals surface area contributed by atoms with Gasteiger partial charge < -0.3 is 10.4 Å². The molecule has 3 heteroatoms. The summed E-state index contributed by atoms with van der Waals surface area (Å²) < 4.78 is 0. The number of aliphatic hydroxyl groups excluding tert-OH is 1. The molecule has 17 heavy (non-hydrogen) atoms. The Kier molecular flexibility index (Phi) is 4.15. The van der Waals surface area contributed by atoms with Crippen molar-refractivity contribution in [1.82, 2.24) is 5.32 Å². The summed E-state index contributed by atoms with van der Waals surface area (Å²) in [6, 6.07) is 8.69. The summed E-state index contributed by atoms with van der Waals surface area (Å²) in [5, 5.41) is 11.7. The Hall–Kier alpha value is -1.35. The number of carbonyl (C=O) groups is 1. The van der Waals surface area contributed by atoms with Crippen LogP contribution >= 0.6 is 0 Å². The molecule has 1 amide bonds. The van der Waals surface area contributed by atoms with Crippen LogP contribution in [0.4, 0.5) is 0 Å². The minimum absolute atomic E-state index is 0.0587. The quantitative estimate of drug-likeness (QED) is 0.826. The Balaban J connectivity index is 1.88. The van der Waals surface area contributed by atoms with Gasteiger partial charge in [-0.3, -0.25) is 4.79 Å². The molecule has 0 spiro atoms. The molecule has 0 saturated heterocycles. The third kappa shape index (κ3) is 3.30. The van der Waals surface area contributed by atoms with Gasteiger partial charge in [0, 0.05) is 19.1 Å². The van der Waals surface area contributed by atoms with Crippen molar-refractivity contribution in [3.05, 3.63) is 35.4 Å². The fraction of sp³-hybridized carbons (Fsp3) is 0.500. The molecule has 3 nitrogen and oxygen atoms in total. The van der Waals surface area contributed by atoms with Gasteiger partial charge >= 0.3 is 0 Å². The van der Waals surface area contributed by atoms with Gasteiger partial charge in [0.1, 0.15) is 0 Å². The van der Waals surface area contributed by atoms with Gasteiger partial charge in [-0.25, -0.2) is 0 Å². The average molecular weight is 233 g/mol. The Bertz CT molecular complexity index is 390. The summed E-state index contributed by atoms with van der Waals surface area (Å²) in [5.41, 5.74) is 2.76. The Morgan fingerprint density at radius 2 is 2.12 bits per heavy atom. The van der Waals surface area contributed by atoms with Gasteiger partial charge in [0.05, 0.1) is 0 Å². The standard InChI is InChI=1S/C14H19NO2/c16-9-3-6-14(17)15-13-8-7-11-4-1-2-5-12(11)10-13/h1-2,4-5,13,16H,3,6-10H2,(H,15,17). The molecule has 0 fully saturated rings. The van der Waals surface area contributed by atoms with Crippen LogP contribution in [0.5, 0.6) is 0 Å². The molecule has 92 valence electrons. The SMILES string of the molecule is O=C(CCCO)NC1CCc2ccccc2C1. The first-order chi connectivity index (χ1) is 8.29. The number of nitrogens with one attached hydrogen (secondary N) is 1. The highest BCUT2D eigenvalue weighted by molar-refractivity contribution is 5.76. The first-order valence-electron chi connectivity index (χ1n) is 6.26. The van der Waals surface area contributed by atoms with Crippen molar-refractivity contribution in [2.75, 3.05) is 6.61 Å². The third-order valence-electron chi connectivity index (χ3n) is 3.27. The monoisotopic (exact) mass is 233 g/mol. The Morgan fingerprint density at radius 3 is 2.88 bits per heavy atom. The molecule has 0 aromatic heterocycles. The lowest BCUT2D eigenvalue weighted by Crippen LogP contribution is -2.38. The molecule has 1 aliphatic carbocycles. The van der Waals surface area contributed by atoms with Gasteiger partial charge in [0.25, 0.3) is 0 Å². The minimum atomic E-state index is 0.0587. The lowest BCUT2D eigenvalue weighted by molar-refractivity contribution is -0.122. The zero-order valence-electron chi connectivity index (χ0n) is 9.98. The molecular formula is C14H19NO2. The highest BCUT2D eigenvalue weighted by Gasteiger charge is 2.19. The maximum Gasteiger partial charge on any atom is 0.220 e. The van der Waals surface area contributed by atoms with Gasteiger partial charge in [-0.05, 0) is 36.8 Å². The maximum absolute atomic E-state index is 11.6. The van der Waals surface area contributed by atoms with E-state index in [0.717, 1.165) is 19.3 Å². The third-order valence-corrected chi connectivity index (χ3v) is 3.27. The van der Waals surface area contributed by atoms with Crippen molar-refractivity contribution < 1.29 is 9.90 Å². The van der Waals surface area contributed by atoms with Crippen LogP contribution in [0, 0.1) is 0 Å². The summed E-state index contributed by atoms with van der Waals surface area (Å²) in [6.45, 7) is 0.0842. The number of hydrogen-bond donors (Lipinski definition) is 2. The second kappa shape index (κ2) is 5.82. The van der Waals surface area contributed by atoms with Crippen LogP contribution in [0.15, 0.2) is 24.3 Å². The van der Waals surface area contributed by atoms with E-state index < -0.39 is 0 Å². The number of amides is 1. The maximum atomic E-state index is 11.6. The second-order valence-electron chi connectivity index (χ2n) is 4.60. The van der Waals surface area contributed by atoms with Crippen LogP contribution in [0.1, 0.15) is 30.4 Å². The van der Waals surface area contributed by atoms with E-state index in [1.54, 1.807) is 0 Å². The van der Waals surface area contributed by atoms with Crippen LogP contribution in [-0.2, 0) is 17.6 Å². The van der Waals surface area contributed by atoms with E-state index in [-0.39, 0.29) is 18.6 Å². The number of carbonyl (C=O) groups excluding carboxylic acids is 1. The molecule has 1 aromatic rings. The van der Waals surface area contributed by atoms with E-state index in [4.69, 9.17) is 5.11 Å². The molecule has 1 unspecified atom stereocenters. The number of rotatable bonds is 4. The summed E-state index contributed by atoms with van der Waals surface area (Å²) in [4.78, 5) is 11.6. The summed E-state index contributed by atoms with van der Waals surface area (Å²) in [5.74, 6) is 0.0587. The summed E-state index contributed by atoms with van der Waals surface area (Å²) in [7, 11) is 0. The predicted octanol–water partition coefficient (Wildman–Crippen LogP) is 1.43. The summed E-state index contributed by atoms with van der Waals surface area (Å²) in [6.07, 6.45) is 3.97.